The molecule has 2 N–H and O–H groups in total. The number of nitrogens with one attached hydrogen (secondary N) is 2. The molecule has 1 amide bonds. The van der Waals surface area contributed by atoms with Gasteiger partial charge in [-0.2, -0.15) is 0 Å². The lowest BCUT2D eigenvalue weighted by atomic mass is 9.87. The maximum atomic E-state index is 11.5. The fourth-order valence-electron chi connectivity index (χ4n) is 2.30. The largest absolute Gasteiger partial charge is 0.356 e. The van der Waals surface area contributed by atoms with E-state index < -0.39 is 0 Å². The number of guanidine groups is 1. The quantitative estimate of drug-likeness (QED) is 0.595. The van der Waals surface area contributed by atoms with Crippen LogP contribution < -0.4 is 10.6 Å². The Kier molecular flexibility index (Phi) is 6.67. The molecular weight excluding hydrogens is 240 g/mol. The summed E-state index contributed by atoms with van der Waals surface area (Å²) in [5.74, 6) is 1.80. The monoisotopic (exact) mass is 268 g/mol. The van der Waals surface area contributed by atoms with Crippen LogP contribution in [0.1, 0.15) is 39.0 Å². The minimum Gasteiger partial charge on any atom is -0.356 e. The third-order valence-electron chi connectivity index (χ3n) is 3.71. The molecule has 0 spiro atoms. The zero-order valence-corrected chi connectivity index (χ0v) is 12.7. The van der Waals surface area contributed by atoms with E-state index in [1.54, 1.807) is 26.0 Å². The predicted molar refractivity (Wildman–Crippen MR) is 79.2 cm³/mol. The first-order valence-electron chi connectivity index (χ1n) is 7.20. The summed E-state index contributed by atoms with van der Waals surface area (Å²) in [7, 11) is 5.33. The molecule has 0 heterocycles. The number of amides is 1. The predicted octanol–water partition coefficient (Wildman–Crippen LogP) is 1.21. The third-order valence-corrected chi connectivity index (χ3v) is 3.71. The summed E-state index contributed by atoms with van der Waals surface area (Å²) in [6, 6.07) is 0.520. The highest BCUT2D eigenvalue weighted by Crippen LogP contribution is 2.23. The van der Waals surface area contributed by atoms with Crippen LogP contribution in [-0.4, -0.2) is 50.5 Å². The number of hydrogen-bond donors (Lipinski definition) is 2. The van der Waals surface area contributed by atoms with Gasteiger partial charge in [0.25, 0.3) is 0 Å². The van der Waals surface area contributed by atoms with Crippen molar-refractivity contribution in [3.8, 4) is 0 Å². The molecule has 0 aromatic rings. The van der Waals surface area contributed by atoms with Gasteiger partial charge in [0.05, 0.1) is 0 Å². The van der Waals surface area contributed by atoms with Gasteiger partial charge in [0.15, 0.2) is 5.96 Å². The molecule has 1 rings (SSSR count). The van der Waals surface area contributed by atoms with Crippen LogP contribution >= 0.6 is 0 Å². The van der Waals surface area contributed by atoms with Gasteiger partial charge in [-0.05, 0) is 31.6 Å². The smallest absolute Gasteiger partial charge is 0.223 e. The molecule has 0 radical (unpaired) electrons. The maximum absolute atomic E-state index is 11.5. The van der Waals surface area contributed by atoms with Crippen molar-refractivity contribution >= 4 is 11.9 Å². The van der Waals surface area contributed by atoms with E-state index in [1.165, 1.54) is 25.7 Å². The van der Waals surface area contributed by atoms with E-state index in [2.05, 4.69) is 22.5 Å². The molecule has 0 bridgehead atoms. The van der Waals surface area contributed by atoms with Crippen molar-refractivity contribution in [2.75, 3.05) is 27.7 Å². The highest BCUT2D eigenvalue weighted by atomic mass is 16.2. The topological polar surface area (TPSA) is 56.7 Å². The minimum absolute atomic E-state index is 0.134. The molecule has 0 atom stereocenters. The second-order valence-corrected chi connectivity index (χ2v) is 5.64. The molecule has 5 nitrogen and oxygen atoms in total. The first kappa shape index (κ1) is 15.8. The average Bonchev–Trinajstić information content (AvgIpc) is 2.39. The Labute approximate surface area is 116 Å². The molecule has 0 unspecified atom stereocenters. The molecule has 1 aliphatic rings. The van der Waals surface area contributed by atoms with E-state index in [0.717, 1.165) is 11.9 Å². The van der Waals surface area contributed by atoms with Gasteiger partial charge in [0, 0.05) is 40.2 Å². The lowest BCUT2D eigenvalue weighted by Crippen LogP contribution is -2.45. The van der Waals surface area contributed by atoms with Crippen LogP contribution in [0.25, 0.3) is 0 Å². The number of nitrogens with zero attached hydrogens (tertiary/aromatic N) is 2. The molecule has 1 saturated carbocycles. The average molecular weight is 268 g/mol. The lowest BCUT2D eigenvalue weighted by Gasteiger charge is -2.28. The van der Waals surface area contributed by atoms with Crippen LogP contribution in [0.5, 0.6) is 0 Å². The van der Waals surface area contributed by atoms with Gasteiger partial charge in [-0.1, -0.05) is 6.92 Å². The van der Waals surface area contributed by atoms with E-state index in [1.807, 2.05) is 0 Å². The van der Waals surface area contributed by atoms with Gasteiger partial charge in [-0.25, -0.2) is 0 Å². The molecular formula is C14H28N4O. The zero-order valence-electron chi connectivity index (χ0n) is 12.7. The van der Waals surface area contributed by atoms with Gasteiger partial charge in [0.1, 0.15) is 0 Å². The van der Waals surface area contributed by atoms with Crippen molar-refractivity contribution < 1.29 is 4.79 Å². The maximum Gasteiger partial charge on any atom is 0.223 e. The van der Waals surface area contributed by atoms with Crippen LogP contribution in [-0.2, 0) is 4.79 Å². The Morgan fingerprint density at radius 2 is 1.89 bits per heavy atom. The van der Waals surface area contributed by atoms with Crippen molar-refractivity contribution in [1.82, 2.24) is 15.5 Å². The normalized spacial score (nSPS) is 23.9. The number of carbonyl (C=O) groups excluding carboxylic acids is 1. The number of hydrogen-bond acceptors (Lipinski definition) is 2. The SMILES string of the molecule is CN=C(NCCC(=O)N(C)C)NC1CCC(C)CC1. The molecule has 1 aliphatic carbocycles. The van der Waals surface area contributed by atoms with E-state index in [0.29, 0.717) is 19.0 Å². The number of rotatable bonds is 4. The van der Waals surface area contributed by atoms with Crippen molar-refractivity contribution in [3.63, 3.8) is 0 Å². The Bertz CT molecular complexity index is 307. The van der Waals surface area contributed by atoms with Gasteiger partial charge < -0.3 is 15.5 Å². The van der Waals surface area contributed by atoms with Crippen molar-refractivity contribution in [2.24, 2.45) is 10.9 Å². The summed E-state index contributed by atoms with van der Waals surface area (Å²) in [6.45, 7) is 2.94. The summed E-state index contributed by atoms with van der Waals surface area (Å²) < 4.78 is 0. The van der Waals surface area contributed by atoms with Crippen molar-refractivity contribution in [1.29, 1.82) is 0 Å². The Morgan fingerprint density at radius 1 is 1.26 bits per heavy atom. The summed E-state index contributed by atoms with van der Waals surface area (Å²) in [5, 5.41) is 6.65. The minimum atomic E-state index is 0.134. The van der Waals surface area contributed by atoms with Crippen molar-refractivity contribution in [2.45, 2.75) is 45.1 Å². The van der Waals surface area contributed by atoms with Crippen molar-refractivity contribution in [3.05, 3.63) is 0 Å². The Morgan fingerprint density at radius 3 is 2.42 bits per heavy atom. The molecule has 0 aromatic carbocycles. The number of carbonyl (C=O) groups is 1. The van der Waals surface area contributed by atoms with Crippen LogP contribution in [0.3, 0.4) is 0 Å². The second-order valence-electron chi connectivity index (χ2n) is 5.64. The van der Waals surface area contributed by atoms with E-state index in [-0.39, 0.29) is 5.91 Å². The zero-order chi connectivity index (χ0) is 14.3. The first-order valence-corrected chi connectivity index (χ1v) is 7.20. The fraction of sp³-hybridized carbons (Fsp3) is 0.857. The van der Waals surface area contributed by atoms with Gasteiger partial charge in [-0.3, -0.25) is 9.79 Å². The highest BCUT2D eigenvalue weighted by molar-refractivity contribution is 5.81. The fourth-order valence-corrected chi connectivity index (χ4v) is 2.30. The summed E-state index contributed by atoms with van der Waals surface area (Å²) in [4.78, 5) is 17.3. The van der Waals surface area contributed by atoms with Crippen LogP contribution in [0.2, 0.25) is 0 Å². The standard InChI is InChI=1S/C14H28N4O/c1-11-5-7-12(8-6-11)17-14(15-2)16-10-9-13(19)18(3)4/h11-12H,5-10H2,1-4H3,(H2,15,16,17). The summed E-state index contributed by atoms with van der Waals surface area (Å²) in [5.41, 5.74) is 0. The molecule has 0 saturated heterocycles. The lowest BCUT2D eigenvalue weighted by molar-refractivity contribution is -0.128. The molecule has 1 fully saturated rings. The Hall–Kier alpha value is -1.26. The molecule has 110 valence electrons. The van der Waals surface area contributed by atoms with E-state index >= 15 is 0 Å². The highest BCUT2D eigenvalue weighted by Gasteiger charge is 2.18. The molecule has 0 aromatic heterocycles. The van der Waals surface area contributed by atoms with Gasteiger partial charge in [-0.15, -0.1) is 0 Å². The van der Waals surface area contributed by atoms with Gasteiger partial charge >= 0.3 is 0 Å². The molecule has 19 heavy (non-hydrogen) atoms. The van der Waals surface area contributed by atoms with E-state index in [4.69, 9.17) is 0 Å². The third kappa shape index (κ3) is 5.94. The van der Waals surface area contributed by atoms with Gasteiger partial charge in [0.2, 0.25) is 5.91 Å². The van der Waals surface area contributed by atoms with Crippen LogP contribution in [0.4, 0.5) is 0 Å². The summed E-state index contributed by atoms with van der Waals surface area (Å²) >= 11 is 0. The van der Waals surface area contributed by atoms with Crippen LogP contribution in [0.15, 0.2) is 4.99 Å². The molecule has 0 aliphatic heterocycles. The van der Waals surface area contributed by atoms with Crippen LogP contribution in [0, 0.1) is 5.92 Å². The molecule has 5 heteroatoms. The van der Waals surface area contributed by atoms with E-state index in [9.17, 15) is 4.79 Å². The summed E-state index contributed by atoms with van der Waals surface area (Å²) in [6.07, 6.45) is 5.48. The Balaban J connectivity index is 2.25. The number of aliphatic imine (C=N–C) groups is 1. The first-order chi connectivity index (χ1) is 9.02. The second kappa shape index (κ2) is 8.02.